The molecule has 1 N–H and O–H groups in total. The summed E-state index contributed by atoms with van der Waals surface area (Å²) in [5, 5.41) is 2.74. The zero-order valence-corrected chi connectivity index (χ0v) is 14.0. The number of hydrogen-bond donors (Lipinski definition) is 1. The molecule has 0 aliphatic carbocycles. The van der Waals surface area contributed by atoms with Gasteiger partial charge in [-0.3, -0.25) is 9.59 Å². The normalized spacial score (nSPS) is 10.3. The van der Waals surface area contributed by atoms with Gasteiger partial charge in [0.25, 0.3) is 0 Å². The van der Waals surface area contributed by atoms with Crippen molar-refractivity contribution in [2.24, 2.45) is 0 Å². The number of anilines is 1. The van der Waals surface area contributed by atoms with Crippen molar-refractivity contribution in [2.45, 2.75) is 27.3 Å². The van der Waals surface area contributed by atoms with E-state index in [-0.39, 0.29) is 0 Å². The third-order valence-corrected chi connectivity index (χ3v) is 3.72. The van der Waals surface area contributed by atoms with Crippen LogP contribution < -0.4 is 5.32 Å². The standard InChI is InChI=1S/C19H22N2O2/c1-13-10-14(2)17(15(3)11-13)20-18(22)19(23)21(4)12-16-8-6-5-7-9-16/h5-11H,12H2,1-4H3,(H,20,22). The number of carbonyl (C=O) groups is 2. The minimum Gasteiger partial charge on any atom is -0.333 e. The number of amides is 2. The van der Waals surface area contributed by atoms with E-state index in [2.05, 4.69) is 5.32 Å². The highest BCUT2D eigenvalue weighted by molar-refractivity contribution is 6.39. The SMILES string of the molecule is Cc1cc(C)c(NC(=O)C(=O)N(C)Cc2ccccc2)c(C)c1. The number of hydrogen-bond acceptors (Lipinski definition) is 2. The second-order valence-corrected chi connectivity index (χ2v) is 5.87. The summed E-state index contributed by atoms with van der Waals surface area (Å²) in [5.74, 6) is -1.16. The maximum atomic E-state index is 12.3. The van der Waals surface area contributed by atoms with Crippen molar-refractivity contribution in [3.05, 3.63) is 64.7 Å². The lowest BCUT2D eigenvalue weighted by Crippen LogP contribution is -2.36. The number of rotatable bonds is 3. The molecule has 0 aliphatic rings. The van der Waals surface area contributed by atoms with E-state index < -0.39 is 11.8 Å². The predicted octanol–water partition coefficient (Wildman–Crippen LogP) is 3.21. The molecule has 0 spiro atoms. The highest BCUT2D eigenvalue weighted by Crippen LogP contribution is 2.22. The molecule has 23 heavy (non-hydrogen) atoms. The van der Waals surface area contributed by atoms with Crippen LogP contribution in [0.1, 0.15) is 22.3 Å². The molecule has 2 aromatic rings. The third kappa shape index (κ3) is 4.19. The fourth-order valence-corrected chi connectivity index (χ4v) is 2.65. The van der Waals surface area contributed by atoms with Crippen LogP contribution in [0.25, 0.3) is 0 Å². The summed E-state index contributed by atoms with van der Waals surface area (Å²) in [7, 11) is 1.63. The molecule has 0 aromatic heterocycles. The zero-order chi connectivity index (χ0) is 17.0. The molecule has 0 aliphatic heterocycles. The first-order valence-electron chi connectivity index (χ1n) is 7.56. The van der Waals surface area contributed by atoms with Gasteiger partial charge in [-0.1, -0.05) is 48.0 Å². The van der Waals surface area contributed by atoms with Gasteiger partial charge in [0.15, 0.2) is 0 Å². The molecule has 4 nitrogen and oxygen atoms in total. The van der Waals surface area contributed by atoms with Crippen LogP contribution in [0.3, 0.4) is 0 Å². The van der Waals surface area contributed by atoms with Crippen molar-refractivity contribution in [2.75, 3.05) is 12.4 Å². The third-order valence-electron chi connectivity index (χ3n) is 3.72. The zero-order valence-electron chi connectivity index (χ0n) is 14.0. The first kappa shape index (κ1) is 16.7. The van der Waals surface area contributed by atoms with Crippen molar-refractivity contribution < 1.29 is 9.59 Å². The predicted molar refractivity (Wildman–Crippen MR) is 92.2 cm³/mol. The maximum Gasteiger partial charge on any atom is 0.313 e. The second-order valence-electron chi connectivity index (χ2n) is 5.87. The summed E-state index contributed by atoms with van der Waals surface area (Å²) >= 11 is 0. The molecule has 0 bridgehead atoms. The Hall–Kier alpha value is -2.62. The summed E-state index contributed by atoms with van der Waals surface area (Å²) in [4.78, 5) is 25.9. The van der Waals surface area contributed by atoms with E-state index in [0.29, 0.717) is 12.2 Å². The van der Waals surface area contributed by atoms with Gasteiger partial charge in [-0.25, -0.2) is 0 Å². The molecule has 4 heteroatoms. The molecule has 0 unspecified atom stereocenters. The van der Waals surface area contributed by atoms with Gasteiger partial charge in [0, 0.05) is 19.3 Å². The van der Waals surface area contributed by atoms with E-state index >= 15 is 0 Å². The highest BCUT2D eigenvalue weighted by Gasteiger charge is 2.20. The van der Waals surface area contributed by atoms with Crippen molar-refractivity contribution in [3.63, 3.8) is 0 Å². The van der Waals surface area contributed by atoms with E-state index in [1.54, 1.807) is 7.05 Å². The van der Waals surface area contributed by atoms with Gasteiger partial charge in [0.1, 0.15) is 0 Å². The minimum atomic E-state index is -0.613. The Kier molecular flexibility index (Phi) is 5.16. The maximum absolute atomic E-state index is 12.3. The van der Waals surface area contributed by atoms with Crippen LogP contribution in [-0.4, -0.2) is 23.8 Å². The topological polar surface area (TPSA) is 49.4 Å². The number of likely N-dealkylation sites (N-methyl/N-ethyl adjacent to an activating group) is 1. The lowest BCUT2D eigenvalue weighted by molar-refractivity contribution is -0.142. The molecule has 2 aromatic carbocycles. The van der Waals surface area contributed by atoms with Crippen molar-refractivity contribution in [1.82, 2.24) is 4.90 Å². The molecule has 2 amide bonds. The highest BCUT2D eigenvalue weighted by atomic mass is 16.2. The molecule has 2 rings (SSSR count). The molecule has 0 atom stereocenters. The number of nitrogens with one attached hydrogen (secondary N) is 1. The van der Waals surface area contributed by atoms with E-state index in [0.717, 1.165) is 22.3 Å². The van der Waals surface area contributed by atoms with Gasteiger partial charge in [-0.15, -0.1) is 0 Å². The molecule has 0 saturated heterocycles. The van der Waals surface area contributed by atoms with Crippen molar-refractivity contribution >= 4 is 17.5 Å². The molecular formula is C19H22N2O2. The molecule has 0 radical (unpaired) electrons. The quantitative estimate of drug-likeness (QED) is 0.885. The van der Waals surface area contributed by atoms with Crippen LogP contribution >= 0.6 is 0 Å². The molecule has 0 heterocycles. The Labute approximate surface area is 137 Å². The van der Waals surface area contributed by atoms with Gasteiger partial charge in [0.05, 0.1) is 0 Å². The van der Waals surface area contributed by atoms with Crippen molar-refractivity contribution in [3.8, 4) is 0 Å². The van der Waals surface area contributed by atoms with Crippen LogP contribution in [0.4, 0.5) is 5.69 Å². The van der Waals surface area contributed by atoms with E-state index in [1.807, 2.05) is 63.2 Å². The largest absolute Gasteiger partial charge is 0.333 e. The Morgan fingerprint density at radius 2 is 1.57 bits per heavy atom. The van der Waals surface area contributed by atoms with Crippen LogP contribution in [-0.2, 0) is 16.1 Å². The Balaban J connectivity index is 2.07. The van der Waals surface area contributed by atoms with Crippen molar-refractivity contribution in [1.29, 1.82) is 0 Å². The number of aryl methyl sites for hydroxylation is 3. The fraction of sp³-hybridized carbons (Fsp3) is 0.263. The molecular weight excluding hydrogens is 288 g/mol. The lowest BCUT2D eigenvalue weighted by Gasteiger charge is -2.18. The molecule has 0 fully saturated rings. The van der Waals surface area contributed by atoms with Crippen LogP contribution in [0.15, 0.2) is 42.5 Å². The minimum absolute atomic E-state index is 0.402. The molecule has 120 valence electrons. The van der Waals surface area contributed by atoms with Gasteiger partial charge in [0.2, 0.25) is 0 Å². The Morgan fingerprint density at radius 3 is 2.13 bits per heavy atom. The average Bonchev–Trinajstić information content (AvgIpc) is 2.50. The van der Waals surface area contributed by atoms with E-state index in [9.17, 15) is 9.59 Å². The number of carbonyl (C=O) groups excluding carboxylic acids is 2. The lowest BCUT2D eigenvalue weighted by atomic mass is 10.1. The first-order valence-corrected chi connectivity index (χ1v) is 7.56. The fourth-order valence-electron chi connectivity index (χ4n) is 2.65. The smallest absolute Gasteiger partial charge is 0.313 e. The van der Waals surface area contributed by atoms with Crippen LogP contribution in [0.2, 0.25) is 0 Å². The van der Waals surface area contributed by atoms with Crippen LogP contribution in [0.5, 0.6) is 0 Å². The Morgan fingerprint density at radius 1 is 1.00 bits per heavy atom. The van der Waals surface area contributed by atoms with E-state index in [1.165, 1.54) is 4.90 Å². The summed E-state index contributed by atoms with van der Waals surface area (Å²) < 4.78 is 0. The summed E-state index contributed by atoms with van der Waals surface area (Å²) in [6.45, 7) is 6.25. The second kappa shape index (κ2) is 7.09. The number of nitrogens with zero attached hydrogens (tertiary/aromatic N) is 1. The summed E-state index contributed by atoms with van der Waals surface area (Å²) in [6.07, 6.45) is 0. The number of benzene rings is 2. The Bertz CT molecular complexity index is 700. The molecule has 0 saturated carbocycles. The van der Waals surface area contributed by atoms with Crippen LogP contribution in [0, 0.1) is 20.8 Å². The first-order chi connectivity index (χ1) is 10.9. The van der Waals surface area contributed by atoms with Gasteiger partial charge < -0.3 is 10.2 Å². The van der Waals surface area contributed by atoms with Gasteiger partial charge in [-0.2, -0.15) is 0 Å². The summed E-state index contributed by atoms with van der Waals surface area (Å²) in [5.41, 5.74) is 4.73. The van der Waals surface area contributed by atoms with Gasteiger partial charge >= 0.3 is 11.8 Å². The van der Waals surface area contributed by atoms with E-state index in [4.69, 9.17) is 0 Å². The summed E-state index contributed by atoms with van der Waals surface area (Å²) in [6, 6.07) is 13.6. The van der Waals surface area contributed by atoms with Gasteiger partial charge in [-0.05, 0) is 37.5 Å². The average molecular weight is 310 g/mol. The monoisotopic (exact) mass is 310 g/mol.